The van der Waals surface area contributed by atoms with Crippen LogP contribution in [0.5, 0.6) is 0 Å². The third kappa shape index (κ3) is 0.763. The van der Waals surface area contributed by atoms with Gasteiger partial charge in [-0.1, -0.05) is 0 Å². The fraction of sp³-hybridized carbons (Fsp3) is 0.111. The van der Waals surface area contributed by atoms with Crippen molar-refractivity contribution in [2.75, 3.05) is 0 Å². The van der Waals surface area contributed by atoms with Crippen LogP contribution in [0.2, 0.25) is 0 Å². The fourth-order valence-electron chi connectivity index (χ4n) is 1.31. The number of rotatable bonds is 0. The maximum Gasteiger partial charge on any atom is 0.191 e. The molecule has 2 rings (SSSR count). The molecule has 1 aromatic rings. The van der Waals surface area contributed by atoms with Crippen molar-refractivity contribution in [1.29, 1.82) is 0 Å². The van der Waals surface area contributed by atoms with Crippen molar-refractivity contribution in [2.24, 2.45) is 0 Å². The van der Waals surface area contributed by atoms with Crippen LogP contribution in [-0.2, 0) is 0 Å². The van der Waals surface area contributed by atoms with Crippen LogP contribution in [0, 0.1) is 0 Å². The first-order chi connectivity index (χ1) is 5.70. The van der Waals surface area contributed by atoms with Crippen LogP contribution in [0.4, 0.5) is 0 Å². The van der Waals surface area contributed by atoms with E-state index in [9.17, 15) is 9.59 Å². The maximum atomic E-state index is 11.4. The average Bonchev–Trinajstić information content (AvgIpc) is 2.48. The normalized spacial score (nSPS) is 15.9. The van der Waals surface area contributed by atoms with E-state index in [1.807, 2.05) is 0 Å². The minimum Gasteiger partial charge on any atom is -0.366 e. The highest BCUT2D eigenvalue weighted by Gasteiger charge is 2.23. The number of aromatic amines is 1. The third-order valence-corrected chi connectivity index (χ3v) is 1.96. The number of nitrogens with one attached hydrogen (secondary N) is 1. The topological polar surface area (TPSA) is 49.9 Å². The van der Waals surface area contributed by atoms with Gasteiger partial charge in [-0.2, -0.15) is 0 Å². The fourth-order valence-corrected chi connectivity index (χ4v) is 1.31. The molecular formula is C9H7NO2. The van der Waals surface area contributed by atoms with Crippen LogP contribution >= 0.6 is 0 Å². The molecule has 0 spiro atoms. The number of H-pyrrole nitrogens is 1. The quantitative estimate of drug-likeness (QED) is 0.624. The molecule has 1 N–H and O–H groups in total. The lowest BCUT2D eigenvalue weighted by Crippen LogP contribution is -2.12. The molecule has 0 aliphatic heterocycles. The van der Waals surface area contributed by atoms with Gasteiger partial charge in [-0.3, -0.25) is 9.59 Å². The van der Waals surface area contributed by atoms with Crippen molar-refractivity contribution >= 4 is 11.6 Å². The Morgan fingerprint density at radius 3 is 2.58 bits per heavy atom. The Morgan fingerprint density at radius 1 is 1.17 bits per heavy atom. The van der Waals surface area contributed by atoms with E-state index < -0.39 is 0 Å². The average molecular weight is 161 g/mol. The molecule has 0 saturated heterocycles. The first-order valence-electron chi connectivity index (χ1n) is 3.64. The lowest BCUT2D eigenvalue weighted by Gasteiger charge is -2.06. The number of allylic oxidation sites excluding steroid dienone is 2. The molecule has 0 amide bonds. The van der Waals surface area contributed by atoms with Crippen LogP contribution < -0.4 is 0 Å². The number of aromatic nitrogens is 1. The van der Waals surface area contributed by atoms with E-state index in [2.05, 4.69) is 4.98 Å². The number of carbonyl (C=O) groups excluding carboxylic acids is 2. The molecule has 3 heteroatoms. The molecule has 0 unspecified atom stereocenters. The van der Waals surface area contributed by atoms with Crippen molar-refractivity contribution in [1.82, 2.24) is 4.98 Å². The van der Waals surface area contributed by atoms with Gasteiger partial charge in [0.2, 0.25) is 0 Å². The molecule has 0 atom stereocenters. The van der Waals surface area contributed by atoms with Crippen molar-refractivity contribution in [2.45, 2.75) is 6.92 Å². The van der Waals surface area contributed by atoms with Gasteiger partial charge in [-0.15, -0.1) is 0 Å². The molecule has 1 aromatic heterocycles. The number of fused-ring (bicyclic) bond motifs is 1. The van der Waals surface area contributed by atoms with E-state index >= 15 is 0 Å². The molecule has 0 saturated carbocycles. The molecule has 60 valence electrons. The van der Waals surface area contributed by atoms with Gasteiger partial charge in [-0.25, -0.2) is 0 Å². The largest absolute Gasteiger partial charge is 0.366 e. The van der Waals surface area contributed by atoms with Gasteiger partial charge in [0.25, 0.3) is 0 Å². The number of hydrogen-bond acceptors (Lipinski definition) is 2. The minimum atomic E-state index is -0.0941. The van der Waals surface area contributed by atoms with Gasteiger partial charge in [-0.05, 0) is 13.0 Å². The highest BCUT2D eigenvalue weighted by molar-refractivity contribution is 6.24. The van der Waals surface area contributed by atoms with Crippen molar-refractivity contribution < 1.29 is 9.59 Å². The number of ketones is 2. The summed E-state index contributed by atoms with van der Waals surface area (Å²) in [4.78, 5) is 25.4. The Bertz CT molecular complexity index is 398. The maximum absolute atomic E-state index is 11.4. The Morgan fingerprint density at radius 2 is 1.83 bits per heavy atom. The summed E-state index contributed by atoms with van der Waals surface area (Å²) in [5.74, 6) is -0.158. The summed E-state index contributed by atoms with van der Waals surface area (Å²) in [5, 5.41) is 0. The van der Waals surface area contributed by atoms with E-state index in [-0.39, 0.29) is 11.6 Å². The van der Waals surface area contributed by atoms with Crippen LogP contribution in [0.1, 0.15) is 27.6 Å². The summed E-state index contributed by atoms with van der Waals surface area (Å²) < 4.78 is 0. The first kappa shape index (κ1) is 7.03. The lowest BCUT2D eigenvalue weighted by atomic mass is 9.94. The second-order valence-corrected chi connectivity index (χ2v) is 2.80. The molecule has 0 aromatic carbocycles. The van der Waals surface area contributed by atoms with Gasteiger partial charge in [0.05, 0.1) is 11.1 Å². The lowest BCUT2D eigenvalue weighted by molar-refractivity contribution is 0.0985. The monoisotopic (exact) mass is 161 g/mol. The molecule has 0 radical (unpaired) electrons. The van der Waals surface area contributed by atoms with Crippen molar-refractivity contribution in [3.05, 3.63) is 35.2 Å². The SMILES string of the molecule is CC1=CC(=O)c2c[nH]cc2C1=O. The predicted molar refractivity (Wildman–Crippen MR) is 43.2 cm³/mol. The summed E-state index contributed by atoms with van der Waals surface area (Å²) >= 11 is 0. The van der Waals surface area contributed by atoms with Crippen LogP contribution in [0.25, 0.3) is 0 Å². The zero-order chi connectivity index (χ0) is 8.72. The number of Topliss-reactive ketones (excluding diaryl/α,β-unsaturated/α-hetero) is 1. The van der Waals surface area contributed by atoms with Crippen LogP contribution in [0.15, 0.2) is 24.0 Å². The second kappa shape index (κ2) is 2.17. The van der Waals surface area contributed by atoms with Gasteiger partial charge in [0, 0.05) is 18.0 Å². The Kier molecular flexibility index (Phi) is 1.27. The molecular weight excluding hydrogens is 154 g/mol. The zero-order valence-corrected chi connectivity index (χ0v) is 6.55. The van der Waals surface area contributed by atoms with E-state index in [4.69, 9.17) is 0 Å². The van der Waals surface area contributed by atoms with E-state index in [0.717, 1.165) is 0 Å². The van der Waals surface area contributed by atoms with Crippen LogP contribution in [0.3, 0.4) is 0 Å². The molecule has 0 bridgehead atoms. The minimum absolute atomic E-state index is 0.0640. The number of carbonyl (C=O) groups is 2. The first-order valence-corrected chi connectivity index (χ1v) is 3.64. The molecule has 1 aliphatic rings. The highest BCUT2D eigenvalue weighted by Crippen LogP contribution is 2.19. The van der Waals surface area contributed by atoms with Gasteiger partial charge >= 0.3 is 0 Å². The Labute approximate surface area is 69.1 Å². The third-order valence-electron chi connectivity index (χ3n) is 1.96. The Hall–Kier alpha value is -1.64. The van der Waals surface area contributed by atoms with Gasteiger partial charge in [0.1, 0.15) is 0 Å². The van der Waals surface area contributed by atoms with Crippen molar-refractivity contribution in [3.8, 4) is 0 Å². The molecule has 3 nitrogen and oxygen atoms in total. The summed E-state index contributed by atoms with van der Waals surface area (Å²) in [5.41, 5.74) is 1.47. The van der Waals surface area contributed by atoms with Crippen LogP contribution in [-0.4, -0.2) is 16.6 Å². The molecule has 0 fully saturated rings. The summed E-state index contributed by atoms with van der Waals surface area (Å²) in [7, 11) is 0. The zero-order valence-electron chi connectivity index (χ0n) is 6.55. The highest BCUT2D eigenvalue weighted by atomic mass is 16.1. The smallest absolute Gasteiger partial charge is 0.191 e. The van der Waals surface area contributed by atoms with Gasteiger partial charge in [0.15, 0.2) is 11.6 Å². The number of hydrogen-bond donors (Lipinski definition) is 1. The summed E-state index contributed by atoms with van der Waals surface area (Å²) in [6.07, 6.45) is 4.49. The molecule has 12 heavy (non-hydrogen) atoms. The second-order valence-electron chi connectivity index (χ2n) is 2.80. The molecule has 1 heterocycles. The Balaban J connectivity index is 2.67. The van der Waals surface area contributed by atoms with E-state index in [1.165, 1.54) is 6.08 Å². The summed E-state index contributed by atoms with van der Waals surface area (Å²) in [6.45, 7) is 1.65. The predicted octanol–water partition coefficient (Wildman–Crippen LogP) is 1.34. The van der Waals surface area contributed by atoms with E-state index in [0.29, 0.717) is 16.7 Å². The molecule has 1 aliphatic carbocycles. The van der Waals surface area contributed by atoms with Crippen molar-refractivity contribution in [3.63, 3.8) is 0 Å². The standard InChI is InChI=1S/C9H7NO2/c1-5-2-8(11)6-3-10-4-7(6)9(5)12/h2-4,10H,1H3. The summed E-state index contributed by atoms with van der Waals surface area (Å²) in [6, 6.07) is 0. The van der Waals surface area contributed by atoms with Gasteiger partial charge < -0.3 is 4.98 Å². The van der Waals surface area contributed by atoms with E-state index in [1.54, 1.807) is 19.3 Å².